The smallest absolute Gasteiger partial charge is 0.110 e. The summed E-state index contributed by atoms with van der Waals surface area (Å²) in [6, 6.07) is 16.9. The quantitative estimate of drug-likeness (QED) is 0.351. The molecule has 0 saturated carbocycles. The molecule has 2 atom stereocenters. The Morgan fingerprint density at radius 2 is 1.12 bits per heavy atom. The molecule has 2 aliphatic rings. The molecule has 0 N–H and O–H groups in total. The Labute approximate surface area is 187 Å². The van der Waals surface area contributed by atoms with Gasteiger partial charge in [-0.05, 0) is 35.1 Å². The zero-order chi connectivity index (χ0) is 17.7. The van der Waals surface area contributed by atoms with Crippen molar-refractivity contribution in [2.75, 3.05) is 0 Å². The molecule has 2 aliphatic carbocycles. The number of benzene rings is 2. The van der Waals surface area contributed by atoms with Crippen molar-refractivity contribution in [1.29, 1.82) is 0 Å². The van der Waals surface area contributed by atoms with Crippen molar-refractivity contribution < 1.29 is 26.2 Å². The van der Waals surface area contributed by atoms with Crippen molar-refractivity contribution in [1.82, 2.24) is 0 Å². The van der Waals surface area contributed by atoms with Crippen molar-refractivity contribution in [2.24, 2.45) is 0 Å². The van der Waals surface area contributed by atoms with Crippen LogP contribution in [0.1, 0.15) is 48.9 Å². The average Bonchev–Trinajstić information content (AvgIpc) is 3.09. The minimum atomic E-state index is -0.407. The first-order chi connectivity index (χ1) is 12.0. The van der Waals surface area contributed by atoms with E-state index < -0.39 is 9.75 Å². The Kier molecular flexibility index (Phi) is 5.91. The van der Waals surface area contributed by atoms with Gasteiger partial charge in [-0.3, -0.25) is 0 Å². The van der Waals surface area contributed by atoms with Gasteiger partial charge in [0.15, 0.2) is 0 Å². The molecule has 130 valence electrons. The normalized spacial score (nSPS) is 25.8. The Hall–Kier alpha value is -0.400. The van der Waals surface area contributed by atoms with Gasteiger partial charge in [-0.2, -0.15) is 0 Å². The fraction of sp³-hybridized carbons (Fsp3) is 0.273. The standard InChI is InChI=1S/C22H20Cl2Si.Zr/c1-3-21(23)17-11-7-5-9-15(17)13-19(21)25-20-14-16-10-6-8-12-18(16)22(20,24)4-2;/h5-14H,3-4H2,1-2H3;. The van der Waals surface area contributed by atoms with Gasteiger partial charge < -0.3 is 0 Å². The number of alkyl halides is 2. The van der Waals surface area contributed by atoms with Gasteiger partial charge in [0.2, 0.25) is 0 Å². The molecule has 0 fully saturated rings. The summed E-state index contributed by atoms with van der Waals surface area (Å²) in [6.07, 6.45) is 6.32. The predicted octanol–water partition coefficient (Wildman–Crippen LogP) is 6.49. The summed E-state index contributed by atoms with van der Waals surface area (Å²) in [4.78, 5) is -0.813. The number of hydrogen-bond donors (Lipinski definition) is 0. The van der Waals surface area contributed by atoms with Crippen LogP contribution in [0.4, 0.5) is 0 Å². The van der Waals surface area contributed by atoms with E-state index in [1.54, 1.807) is 0 Å². The Bertz CT molecular complexity index is 831. The number of hydrogen-bond acceptors (Lipinski definition) is 0. The first-order valence-corrected chi connectivity index (χ1v) is 10.6. The van der Waals surface area contributed by atoms with Crippen molar-refractivity contribution >= 4 is 44.9 Å². The van der Waals surface area contributed by atoms with Gasteiger partial charge >= 0.3 is 0 Å². The van der Waals surface area contributed by atoms with Crippen LogP contribution in [0.2, 0.25) is 0 Å². The molecule has 0 aliphatic heterocycles. The second kappa shape index (κ2) is 7.55. The van der Waals surface area contributed by atoms with Crippen molar-refractivity contribution in [2.45, 2.75) is 36.4 Å². The van der Waals surface area contributed by atoms with Crippen LogP contribution in [-0.2, 0) is 36.0 Å². The van der Waals surface area contributed by atoms with Crippen LogP contribution < -0.4 is 0 Å². The first kappa shape index (κ1) is 20.3. The van der Waals surface area contributed by atoms with Crippen LogP contribution >= 0.6 is 23.2 Å². The van der Waals surface area contributed by atoms with Crippen LogP contribution in [0.3, 0.4) is 0 Å². The topological polar surface area (TPSA) is 0 Å². The first-order valence-electron chi connectivity index (χ1n) is 8.81. The minimum absolute atomic E-state index is 0. The third-order valence-electron chi connectivity index (χ3n) is 5.47. The fourth-order valence-corrected chi connectivity index (χ4v) is 6.48. The monoisotopic (exact) mass is 472 g/mol. The van der Waals surface area contributed by atoms with Crippen LogP contribution in [-0.4, -0.2) is 9.52 Å². The number of halogens is 2. The number of fused-ring (bicyclic) bond motifs is 2. The summed E-state index contributed by atoms with van der Waals surface area (Å²) in [5, 5.41) is 2.57. The minimum Gasteiger partial charge on any atom is -0.110 e. The summed E-state index contributed by atoms with van der Waals surface area (Å²) < 4.78 is 0. The van der Waals surface area contributed by atoms with Gasteiger partial charge in [0, 0.05) is 26.2 Å². The molecule has 4 heteroatoms. The van der Waals surface area contributed by atoms with E-state index in [2.05, 4.69) is 74.5 Å². The summed E-state index contributed by atoms with van der Waals surface area (Å²) in [5.74, 6) is 0. The fourth-order valence-electron chi connectivity index (χ4n) is 3.97. The van der Waals surface area contributed by atoms with E-state index in [0.29, 0.717) is 9.52 Å². The Morgan fingerprint density at radius 1 is 0.731 bits per heavy atom. The second-order valence-electron chi connectivity index (χ2n) is 6.72. The SMILES string of the molecule is CCC1(Cl)C([Si]C2=Cc3ccccc3C2(Cl)CC)=Cc2ccccc21.[Zr]. The average molecular weight is 475 g/mol. The van der Waals surface area contributed by atoms with Gasteiger partial charge in [-0.25, -0.2) is 0 Å². The molecular formula is C22H20Cl2SiZr. The summed E-state index contributed by atoms with van der Waals surface area (Å²) >= 11 is 14.3. The molecule has 2 aromatic carbocycles. The molecule has 0 heterocycles. The van der Waals surface area contributed by atoms with E-state index in [1.807, 2.05) is 0 Å². The Balaban J connectivity index is 0.00000196. The maximum absolute atomic E-state index is 7.15. The van der Waals surface area contributed by atoms with Crippen LogP contribution in [0.25, 0.3) is 12.2 Å². The van der Waals surface area contributed by atoms with Gasteiger partial charge in [0.1, 0.15) is 9.52 Å². The summed E-state index contributed by atoms with van der Waals surface area (Å²) in [6.45, 7) is 4.33. The van der Waals surface area contributed by atoms with Crippen molar-refractivity contribution in [3.63, 3.8) is 0 Å². The third-order valence-corrected chi connectivity index (χ3v) is 8.82. The van der Waals surface area contributed by atoms with Crippen molar-refractivity contribution in [3.05, 3.63) is 81.2 Å². The van der Waals surface area contributed by atoms with Gasteiger partial charge in [-0.1, -0.05) is 84.9 Å². The van der Waals surface area contributed by atoms with Crippen LogP contribution in [0.15, 0.2) is 58.9 Å². The maximum atomic E-state index is 7.15. The molecule has 0 nitrogen and oxygen atoms in total. The molecule has 0 saturated heterocycles. The molecule has 4 rings (SSSR count). The van der Waals surface area contributed by atoms with Gasteiger partial charge in [-0.15, -0.1) is 23.2 Å². The second-order valence-corrected chi connectivity index (χ2v) is 9.34. The summed E-state index contributed by atoms with van der Waals surface area (Å²) in [5.41, 5.74) is 4.95. The predicted molar refractivity (Wildman–Crippen MR) is 110 cm³/mol. The number of allylic oxidation sites excluding steroid dienone is 2. The molecule has 2 radical (unpaired) electrons. The maximum Gasteiger partial charge on any atom is 0.115 e. The molecular weight excluding hydrogens is 454 g/mol. The third kappa shape index (κ3) is 2.98. The molecule has 0 aromatic heterocycles. The van der Waals surface area contributed by atoms with Gasteiger partial charge in [0.05, 0.1) is 9.75 Å². The largest absolute Gasteiger partial charge is 0.115 e. The molecule has 0 amide bonds. The zero-order valence-electron chi connectivity index (χ0n) is 14.9. The zero-order valence-corrected chi connectivity index (χ0v) is 19.9. The van der Waals surface area contributed by atoms with E-state index in [0.717, 1.165) is 12.8 Å². The molecule has 0 spiro atoms. The number of rotatable bonds is 4. The van der Waals surface area contributed by atoms with E-state index >= 15 is 0 Å². The van der Waals surface area contributed by atoms with Gasteiger partial charge in [0.25, 0.3) is 0 Å². The Morgan fingerprint density at radius 3 is 1.50 bits per heavy atom. The van der Waals surface area contributed by atoms with E-state index in [1.165, 1.54) is 32.6 Å². The van der Waals surface area contributed by atoms with E-state index in [4.69, 9.17) is 23.2 Å². The summed E-state index contributed by atoms with van der Waals surface area (Å²) in [7, 11) is 0.507. The molecule has 2 aromatic rings. The molecule has 2 unspecified atom stereocenters. The van der Waals surface area contributed by atoms with Crippen molar-refractivity contribution in [3.8, 4) is 0 Å². The van der Waals surface area contributed by atoms with Crippen LogP contribution in [0, 0.1) is 0 Å². The molecule has 0 bridgehead atoms. The van der Waals surface area contributed by atoms with E-state index in [9.17, 15) is 0 Å². The van der Waals surface area contributed by atoms with E-state index in [-0.39, 0.29) is 26.2 Å². The molecule has 26 heavy (non-hydrogen) atoms. The van der Waals surface area contributed by atoms with Crippen LogP contribution in [0.5, 0.6) is 0 Å².